The Bertz CT molecular complexity index is 935. The van der Waals surface area contributed by atoms with E-state index in [0.29, 0.717) is 43.1 Å². The number of aromatic nitrogens is 2. The van der Waals surface area contributed by atoms with E-state index in [0.717, 1.165) is 24.0 Å². The number of esters is 1. The van der Waals surface area contributed by atoms with E-state index >= 15 is 0 Å². The highest BCUT2D eigenvalue weighted by atomic mass is 16.5. The molecule has 9 heteroatoms. The Hall–Kier alpha value is -3.36. The average Bonchev–Trinajstić information content (AvgIpc) is 2.78. The molecule has 0 aliphatic heterocycles. The van der Waals surface area contributed by atoms with E-state index in [4.69, 9.17) is 15.2 Å². The van der Waals surface area contributed by atoms with Crippen LogP contribution in [0.2, 0.25) is 0 Å². The maximum absolute atomic E-state index is 12.0. The number of aryl methyl sites for hydroxylation is 1. The number of anilines is 2. The number of nitrogens with zero attached hydrogens (tertiary/aromatic N) is 2. The highest BCUT2D eigenvalue weighted by molar-refractivity contribution is 5.70. The predicted molar refractivity (Wildman–Crippen MR) is 126 cm³/mol. The van der Waals surface area contributed by atoms with Gasteiger partial charge in [-0.15, -0.1) is 0 Å². The van der Waals surface area contributed by atoms with Gasteiger partial charge in [0, 0.05) is 24.4 Å². The summed E-state index contributed by atoms with van der Waals surface area (Å²) in [6.45, 7) is 4.12. The van der Waals surface area contributed by atoms with Crippen LogP contribution in [0.3, 0.4) is 0 Å². The quantitative estimate of drug-likeness (QED) is 0.363. The molecule has 1 unspecified atom stereocenters. The minimum absolute atomic E-state index is 0.0455. The third-order valence-electron chi connectivity index (χ3n) is 5.21. The molecule has 0 spiro atoms. The minimum Gasteiger partial charge on any atom is -0.496 e. The number of rotatable bonds is 14. The van der Waals surface area contributed by atoms with Gasteiger partial charge in [0.05, 0.1) is 32.3 Å². The zero-order chi connectivity index (χ0) is 24.2. The molecule has 9 nitrogen and oxygen atoms in total. The second-order valence-electron chi connectivity index (χ2n) is 7.73. The molecular formula is C24H34N4O5. The number of benzene rings is 1. The third-order valence-corrected chi connectivity index (χ3v) is 5.21. The molecule has 2 rings (SSSR count). The first-order chi connectivity index (χ1) is 15.9. The zero-order valence-corrected chi connectivity index (χ0v) is 19.6. The number of nitrogens with one attached hydrogen (secondary N) is 1. The summed E-state index contributed by atoms with van der Waals surface area (Å²) in [6.07, 6.45) is 3.36. The number of carboxylic acid groups (broad SMARTS) is 1. The number of unbranched alkanes of at least 4 members (excludes halogenated alkanes) is 1. The number of carbonyl (C=O) groups is 2. The number of ether oxygens (including phenoxy) is 2. The van der Waals surface area contributed by atoms with Gasteiger partial charge in [0.25, 0.3) is 0 Å². The van der Waals surface area contributed by atoms with Gasteiger partial charge in [-0.2, -0.15) is 4.98 Å². The lowest BCUT2D eigenvalue weighted by molar-refractivity contribution is -0.143. The van der Waals surface area contributed by atoms with Gasteiger partial charge < -0.3 is 25.6 Å². The van der Waals surface area contributed by atoms with Crippen LogP contribution in [0, 0.1) is 0 Å². The molecule has 1 aromatic heterocycles. The van der Waals surface area contributed by atoms with Gasteiger partial charge in [-0.25, -0.2) is 4.98 Å². The molecule has 0 aliphatic rings. The summed E-state index contributed by atoms with van der Waals surface area (Å²) in [5.74, 6) is 0.0441. The summed E-state index contributed by atoms with van der Waals surface area (Å²) in [6, 6.07) is 7.30. The summed E-state index contributed by atoms with van der Waals surface area (Å²) >= 11 is 0. The molecule has 1 aromatic carbocycles. The summed E-state index contributed by atoms with van der Waals surface area (Å²) in [5.41, 5.74) is 8.29. The number of para-hydroxylation sites is 1. The molecule has 0 aliphatic carbocycles. The SMILES string of the molecule is CCCCC(CC(=O)O)Nc1nc(N)nc(CCC(=O)OCC)c1Cc1ccccc1OC. The fraction of sp³-hybridized carbons (Fsp3) is 0.500. The normalized spacial score (nSPS) is 11.6. The number of aliphatic carboxylic acids is 1. The lowest BCUT2D eigenvalue weighted by atomic mass is 9.99. The van der Waals surface area contributed by atoms with Gasteiger partial charge >= 0.3 is 11.9 Å². The van der Waals surface area contributed by atoms with Crippen molar-refractivity contribution in [2.24, 2.45) is 0 Å². The number of hydrogen-bond acceptors (Lipinski definition) is 8. The van der Waals surface area contributed by atoms with Gasteiger partial charge in [-0.3, -0.25) is 9.59 Å². The monoisotopic (exact) mass is 458 g/mol. The van der Waals surface area contributed by atoms with Crippen molar-refractivity contribution in [2.75, 3.05) is 24.8 Å². The topological polar surface area (TPSA) is 137 Å². The molecular weight excluding hydrogens is 424 g/mol. The van der Waals surface area contributed by atoms with Crippen LogP contribution in [-0.4, -0.2) is 46.8 Å². The molecule has 1 atom stereocenters. The number of carboxylic acids is 1. The van der Waals surface area contributed by atoms with Gasteiger partial charge in [0.2, 0.25) is 5.95 Å². The highest BCUT2D eigenvalue weighted by Gasteiger charge is 2.21. The van der Waals surface area contributed by atoms with E-state index in [1.165, 1.54) is 0 Å². The van der Waals surface area contributed by atoms with Crippen LogP contribution >= 0.6 is 0 Å². The lowest BCUT2D eigenvalue weighted by Gasteiger charge is -2.22. The van der Waals surface area contributed by atoms with E-state index in [1.807, 2.05) is 24.3 Å². The van der Waals surface area contributed by atoms with Crippen molar-refractivity contribution in [3.8, 4) is 5.75 Å². The van der Waals surface area contributed by atoms with Crippen LogP contribution in [0.5, 0.6) is 5.75 Å². The lowest BCUT2D eigenvalue weighted by Crippen LogP contribution is -2.25. The van der Waals surface area contributed by atoms with Crippen molar-refractivity contribution in [1.29, 1.82) is 0 Å². The fourth-order valence-corrected chi connectivity index (χ4v) is 3.63. The smallest absolute Gasteiger partial charge is 0.306 e. The summed E-state index contributed by atoms with van der Waals surface area (Å²) in [4.78, 5) is 32.2. The molecule has 180 valence electrons. The van der Waals surface area contributed by atoms with Crippen molar-refractivity contribution >= 4 is 23.7 Å². The molecule has 1 heterocycles. The predicted octanol–water partition coefficient (Wildman–Crippen LogP) is 3.60. The van der Waals surface area contributed by atoms with Crippen LogP contribution in [0.25, 0.3) is 0 Å². The van der Waals surface area contributed by atoms with Crippen molar-refractivity contribution in [2.45, 2.75) is 64.8 Å². The second kappa shape index (κ2) is 13.2. The second-order valence-corrected chi connectivity index (χ2v) is 7.73. The minimum atomic E-state index is -0.889. The Morgan fingerprint density at radius 2 is 1.97 bits per heavy atom. The zero-order valence-electron chi connectivity index (χ0n) is 19.6. The van der Waals surface area contributed by atoms with Gasteiger partial charge in [-0.1, -0.05) is 38.0 Å². The first-order valence-corrected chi connectivity index (χ1v) is 11.3. The first kappa shape index (κ1) is 25.9. The van der Waals surface area contributed by atoms with E-state index in [1.54, 1.807) is 14.0 Å². The fourth-order valence-electron chi connectivity index (χ4n) is 3.63. The molecule has 4 N–H and O–H groups in total. The van der Waals surface area contributed by atoms with Crippen LogP contribution in [0.15, 0.2) is 24.3 Å². The molecule has 0 radical (unpaired) electrons. The van der Waals surface area contributed by atoms with Crippen molar-refractivity contribution in [3.63, 3.8) is 0 Å². The standard InChI is InChI=1S/C24H34N4O5/c1-4-6-10-17(15-21(29)30)26-23-18(14-16-9-7-8-11-20(16)32-3)19(27-24(25)28-23)12-13-22(31)33-5-2/h7-9,11,17H,4-6,10,12-15H2,1-3H3,(H,29,30)(H3,25,26,27,28). The number of hydrogen-bond donors (Lipinski definition) is 3. The Kier molecular flexibility index (Phi) is 10.4. The maximum atomic E-state index is 12.0. The van der Waals surface area contributed by atoms with Crippen LogP contribution in [0.1, 0.15) is 62.8 Å². The highest BCUT2D eigenvalue weighted by Crippen LogP contribution is 2.28. The molecule has 0 bridgehead atoms. The Morgan fingerprint density at radius 3 is 2.64 bits per heavy atom. The van der Waals surface area contributed by atoms with Crippen molar-refractivity contribution in [1.82, 2.24) is 9.97 Å². The summed E-state index contributed by atoms with van der Waals surface area (Å²) in [7, 11) is 1.60. The number of nitrogen functional groups attached to an aromatic ring is 1. The largest absolute Gasteiger partial charge is 0.496 e. The first-order valence-electron chi connectivity index (χ1n) is 11.3. The molecule has 0 saturated heterocycles. The third kappa shape index (κ3) is 8.25. The Morgan fingerprint density at radius 1 is 1.21 bits per heavy atom. The maximum Gasteiger partial charge on any atom is 0.306 e. The molecule has 0 fully saturated rings. The van der Waals surface area contributed by atoms with Crippen molar-refractivity contribution < 1.29 is 24.2 Å². The summed E-state index contributed by atoms with van der Waals surface area (Å²) in [5, 5.41) is 12.7. The van der Waals surface area contributed by atoms with Gasteiger partial charge in [0.1, 0.15) is 11.6 Å². The Labute approximate surface area is 194 Å². The molecule has 33 heavy (non-hydrogen) atoms. The molecule has 2 aromatic rings. The van der Waals surface area contributed by atoms with Gasteiger partial charge in [-0.05, 0) is 25.0 Å². The number of nitrogens with two attached hydrogens (primary N) is 1. The molecule has 0 amide bonds. The van der Waals surface area contributed by atoms with Gasteiger partial charge in [0.15, 0.2) is 0 Å². The van der Waals surface area contributed by atoms with Crippen molar-refractivity contribution in [3.05, 3.63) is 41.1 Å². The van der Waals surface area contributed by atoms with E-state index in [9.17, 15) is 14.7 Å². The van der Waals surface area contributed by atoms with E-state index < -0.39 is 5.97 Å². The average molecular weight is 459 g/mol. The molecule has 0 saturated carbocycles. The van der Waals surface area contributed by atoms with Crippen LogP contribution in [-0.2, 0) is 27.2 Å². The number of carbonyl (C=O) groups excluding carboxylic acids is 1. The Balaban J connectivity index is 2.46. The van der Waals surface area contributed by atoms with E-state index in [-0.39, 0.29) is 30.8 Å². The number of methoxy groups -OCH3 is 1. The van der Waals surface area contributed by atoms with E-state index in [2.05, 4.69) is 22.2 Å². The van der Waals surface area contributed by atoms with Crippen LogP contribution in [0.4, 0.5) is 11.8 Å². The summed E-state index contributed by atoms with van der Waals surface area (Å²) < 4.78 is 10.6. The van der Waals surface area contributed by atoms with Crippen LogP contribution < -0.4 is 15.8 Å².